The predicted octanol–water partition coefficient (Wildman–Crippen LogP) is 4.94. The molecule has 8 heteroatoms. The zero-order valence-electron chi connectivity index (χ0n) is 14.3. The number of H-pyrrole nitrogens is 1. The Bertz CT molecular complexity index is 1450. The van der Waals surface area contributed by atoms with E-state index in [1.807, 2.05) is 36.4 Å². The monoisotopic (exact) mass is 388 g/mol. The first-order valence-electron chi connectivity index (χ1n) is 8.46. The molecule has 0 unspecified atom stereocenters. The molecule has 0 bridgehead atoms. The van der Waals surface area contributed by atoms with Crippen molar-refractivity contribution in [1.82, 2.24) is 9.97 Å². The highest BCUT2D eigenvalue weighted by atomic mass is 32.1. The first-order chi connectivity index (χ1) is 13.6. The molecule has 5 aromatic rings. The number of nitrogens with zero attached hydrogens (tertiary/aromatic N) is 2. The van der Waals surface area contributed by atoms with E-state index < -0.39 is 4.92 Å². The summed E-state index contributed by atoms with van der Waals surface area (Å²) in [5, 5.41) is 15.9. The third kappa shape index (κ3) is 2.58. The molecule has 0 aliphatic carbocycles. The Kier molecular flexibility index (Phi) is 3.59. The van der Waals surface area contributed by atoms with E-state index in [0.29, 0.717) is 31.8 Å². The SMILES string of the molecule is O=c1c2ccccc2[nH]c2cccc(Nc3nc4ccc([N+](=O)[O-])cc4s3)c12. The molecule has 28 heavy (non-hydrogen) atoms. The fourth-order valence-electron chi connectivity index (χ4n) is 3.27. The minimum absolute atomic E-state index is 0.0239. The molecule has 0 spiro atoms. The highest BCUT2D eigenvalue weighted by molar-refractivity contribution is 7.22. The van der Waals surface area contributed by atoms with Gasteiger partial charge in [0.2, 0.25) is 0 Å². The van der Waals surface area contributed by atoms with E-state index in [4.69, 9.17) is 0 Å². The maximum absolute atomic E-state index is 13.0. The number of aromatic nitrogens is 2. The third-order valence-electron chi connectivity index (χ3n) is 4.56. The number of nitro benzene ring substituents is 1. The molecule has 0 saturated carbocycles. The van der Waals surface area contributed by atoms with Crippen LogP contribution in [0.4, 0.5) is 16.5 Å². The van der Waals surface area contributed by atoms with Crippen molar-refractivity contribution in [3.8, 4) is 0 Å². The summed E-state index contributed by atoms with van der Waals surface area (Å²) in [7, 11) is 0. The minimum Gasteiger partial charge on any atom is -0.354 e. The van der Waals surface area contributed by atoms with Crippen LogP contribution in [-0.2, 0) is 0 Å². The van der Waals surface area contributed by atoms with E-state index in [2.05, 4.69) is 15.3 Å². The lowest BCUT2D eigenvalue weighted by Crippen LogP contribution is -2.06. The normalized spacial score (nSPS) is 11.3. The Hall–Kier alpha value is -3.78. The van der Waals surface area contributed by atoms with E-state index in [1.54, 1.807) is 12.1 Å². The highest BCUT2D eigenvalue weighted by Gasteiger charge is 2.13. The molecule has 2 heterocycles. The van der Waals surface area contributed by atoms with Crippen LogP contribution in [-0.4, -0.2) is 14.9 Å². The van der Waals surface area contributed by atoms with Gasteiger partial charge in [0, 0.05) is 23.0 Å². The molecule has 0 radical (unpaired) electrons. The number of thiazole rings is 1. The van der Waals surface area contributed by atoms with E-state index in [1.165, 1.54) is 23.5 Å². The quantitative estimate of drug-likeness (QED) is 0.259. The van der Waals surface area contributed by atoms with Crippen molar-refractivity contribution in [1.29, 1.82) is 0 Å². The average molecular weight is 388 g/mol. The maximum atomic E-state index is 13.0. The van der Waals surface area contributed by atoms with Crippen molar-refractivity contribution in [2.45, 2.75) is 0 Å². The van der Waals surface area contributed by atoms with E-state index >= 15 is 0 Å². The smallest absolute Gasteiger partial charge is 0.270 e. The molecule has 0 amide bonds. The molecule has 0 fully saturated rings. The van der Waals surface area contributed by atoms with Gasteiger partial charge in [0.15, 0.2) is 10.6 Å². The zero-order valence-corrected chi connectivity index (χ0v) is 15.1. The Balaban J connectivity index is 1.65. The van der Waals surface area contributed by atoms with Crippen LogP contribution in [0.1, 0.15) is 0 Å². The van der Waals surface area contributed by atoms with Gasteiger partial charge in [-0.05, 0) is 30.3 Å². The number of hydrogen-bond donors (Lipinski definition) is 2. The van der Waals surface area contributed by atoms with Crippen molar-refractivity contribution >= 4 is 59.9 Å². The van der Waals surface area contributed by atoms with Crippen molar-refractivity contribution in [3.63, 3.8) is 0 Å². The molecule has 2 N–H and O–H groups in total. The van der Waals surface area contributed by atoms with Gasteiger partial charge in [0.05, 0.1) is 31.7 Å². The van der Waals surface area contributed by atoms with Crippen LogP contribution >= 0.6 is 11.3 Å². The average Bonchev–Trinajstić information content (AvgIpc) is 3.09. The van der Waals surface area contributed by atoms with Gasteiger partial charge in [0.1, 0.15) is 0 Å². The molecule has 0 saturated heterocycles. The van der Waals surface area contributed by atoms with Crippen LogP contribution < -0.4 is 10.7 Å². The lowest BCUT2D eigenvalue weighted by atomic mass is 10.1. The molecule has 3 aromatic carbocycles. The summed E-state index contributed by atoms with van der Waals surface area (Å²) in [5.41, 5.74) is 2.77. The topological polar surface area (TPSA) is 101 Å². The van der Waals surface area contributed by atoms with Crippen molar-refractivity contribution in [2.75, 3.05) is 5.32 Å². The van der Waals surface area contributed by atoms with E-state index in [0.717, 1.165) is 11.0 Å². The number of aromatic amines is 1. The molecule has 0 atom stereocenters. The molecule has 2 aromatic heterocycles. The minimum atomic E-state index is -0.429. The molecular weight excluding hydrogens is 376 g/mol. The van der Waals surface area contributed by atoms with E-state index in [-0.39, 0.29) is 11.1 Å². The van der Waals surface area contributed by atoms with Gasteiger partial charge in [-0.2, -0.15) is 0 Å². The summed E-state index contributed by atoms with van der Waals surface area (Å²) in [6.07, 6.45) is 0. The lowest BCUT2D eigenvalue weighted by Gasteiger charge is -2.08. The van der Waals surface area contributed by atoms with Gasteiger partial charge >= 0.3 is 0 Å². The molecule has 0 aliphatic heterocycles. The summed E-state index contributed by atoms with van der Waals surface area (Å²) in [6, 6.07) is 17.5. The Morgan fingerprint density at radius 1 is 1.04 bits per heavy atom. The van der Waals surface area contributed by atoms with Gasteiger partial charge in [-0.15, -0.1) is 0 Å². The number of para-hydroxylation sites is 1. The second-order valence-corrected chi connectivity index (χ2v) is 7.31. The summed E-state index contributed by atoms with van der Waals surface area (Å²) < 4.78 is 0.705. The molecule has 7 nitrogen and oxygen atoms in total. The number of pyridine rings is 1. The highest BCUT2D eigenvalue weighted by Crippen LogP contribution is 2.32. The maximum Gasteiger partial charge on any atom is 0.270 e. The first-order valence-corrected chi connectivity index (χ1v) is 9.27. The largest absolute Gasteiger partial charge is 0.354 e. The predicted molar refractivity (Wildman–Crippen MR) is 112 cm³/mol. The molecule has 5 rings (SSSR count). The number of non-ortho nitro benzene ring substituents is 1. The summed E-state index contributed by atoms with van der Waals surface area (Å²) >= 11 is 1.30. The second kappa shape index (κ2) is 6.14. The van der Waals surface area contributed by atoms with Crippen LogP contribution in [0.15, 0.2) is 65.5 Å². The van der Waals surface area contributed by atoms with Gasteiger partial charge in [0.25, 0.3) is 5.69 Å². The van der Waals surface area contributed by atoms with Gasteiger partial charge in [-0.1, -0.05) is 29.5 Å². The number of fused-ring (bicyclic) bond motifs is 3. The third-order valence-corrected chi connectivity index (χ3v) is 5.49. The fraction of sp³-hybridized carbons (Fsp3) is 0. The zero-order chi connectivity index (χ0) is 19.3. The van der Waals surface area contributed by atoms with E-state index in [9.17, 15) is 14.9 Å². The summed E-state index contributed by atoms with van der Waals surface area (Å²) in [6.45, 7) is 0. The van der Waals surface area contributed by atoms with Crippen molar-refractivity contribution in [2.24, 2.45) is 0 Å². The van der Waals surface area contributed by atoms with Crippen LogP contribution in [0.5, 0.6) is 0 Å². The number of rotatable bonds is 3. The standard InChI is InChI=1S/C20H12N4O3S/c25-19-12-4-1-2-5-13(12)21-15-6-3-7-16(18(15)19)23-20-22-14-9-8-11(24(26)27)10-17(14)28-20/h1-10H,(H,21,25)(H,22,23). The number of nitrogens with one attached hydrogen (secondary N) is 2. The second-order valence-electron chi connectivity index (χ2n) is 6.28. The fourth-order valence-corrected chi connectivity index (χ4v) is 4.18. The number of hydrogen-bond acceptors (Lipinski definition) is 6. The Morgan fingerprint density at radius 2 is 1.86 bits per heavy atom. The first kappa shape index (κ1) is 16.4. The van der Waals surface area contributed by atoms with Crippen molar-refractivity contribution < 1.29 is 4.92 Å². The van der Waals surface area contributed by atoms with Crippen LogP contribution in [0.2, 0.25) is 0 Å². The van der Waals surface area contributed by atoms with Crippen LogP contribution in [0.25, 0.3) is 32.0 Å². The molecular formula is C20H12N4O3S. The van der Waals surface area contributed by atoms with Gasteiger partial charge < -0.3 is 10.3 Å². The van der Waals surface area contributed by atoms with Crippen LogP contribution in [0, 0.1) is 10.1 Å². The number of nitro groups is 1. The Labute approximate surface area is 161 Å². The number of benzene rings is 3. The number of anilines is 2. The molecule has 136 valence electrons. The van der Waals surface area contributed by atoms with Gasteiger partial charge in [-0.25, -0.2) is 4.98 Å². The summed E-state index contributed by atoms with van der Waals surface area (Å²) in [4.78, 5) is 31.3. The molecule has 0 aliphatic rings. The summed E-state index contributed by atoms with van der Waals surface area (Å²) in [5.74, 6) is 0. The van der Waals surface area contributed by atoms with Gasteiger partial charge in [-0.3, -0.25) is 14.9 Å². The van der Waals surface area contributed by atoms with Crippen molar-refractivity contribution in [3.05, 3.63) is 81.0 Å². The lowest BCUT2D eigenvalue weighted by molar-refractivity contribution is -0.384. The Morgan fingerprint density at radius 3 is 2.71 bits per heavy atom. The van der Waals surface area contributed by atoms with Crippen LogP contribution in [0.3, 0.4) is 0 Å².